The molecule has 1 amide bonds. The molecular weight excluding hydrogens is 248 g/mol. The third-order valence-corrected chi connectivity index (χ3v) is 4.46. The lowest BCUT2D eigenvalue weighted by Gasteiger charge is -2.37. The van der Waals surface area contributed by atoms with Crippen LogP contribution in [0.25, 0.3) is 0 Å². The number of aryl methyl sites for hydroxylation is 1. The summed E-state index contributed by atoms with van der Waals surface area (Å²) in [6.45, 7) is 3.63. The SMILES string of the molecule is CNCCNC(=O)C1(c2ccccc2C)CCCCC1. The molecule has 1 aromatic rings. The fourth-order valence-electron chi connectivity index (χ4n) is 3.35. The van der Waals surface area contributed by atoms with Crippen molar-refractivity contribution in [2.75, 3.05) is 20.1 Å². The maximum Gasteiger partial charge on any atom is 0.230 e. The number of likely N-dealkylation sites (N-methyl/N-ethyl adjacent to an activating group) is 1. The Balaban J connectivity index is 2.26. The maximum absolute atomic E-state index is 12.8. The highest BCUT2D eigenvalue weighted by Crippen LogP contribution is 2.41. The number of nitrogens with one attached hydrogen (secondary N) is 2. The normalized spacial score (nSPS) is 17.7. The van der Waals surface area contributed by atoms with E-state index in [-0.39, 0.29) is 11.3 Å². The molecule has 1 aromatic carbocycles. The predicted molar refractivity (Wildman–Crippen MR) is 82.9 cm³/mol. The van der Waals surface area contributed by atoms with Crippen molar-refractivity contribution in [2.24, 2.45) is 0 Å². The van der Waals surface area contributed by atoms with Crippen LogP contribution >= 0.6 is 0 Å². The van der Waals surface area contributed by atoms with E-state index in [2.05, 4.69) is 35.8 Å². The van der Waals surface area contributed by atoms with Crippen LogP contribution in [0.15, 0.2) is 24.3 Å². The second-order valence-corrected chi connectivity index (χ2v) is 5.82. The molecule has 0 aliphatic heterocycles. The second kappa shape index (κ2) is 6.89. The van der Waals surface area contributed by atoms with Gasteiger partial charge in [-0.15, -0.1) is 0 Å². The van der Waals surface area contributed by atoms with Gasteiger partial charge in [-0.25, -0.2) is 0 Å². The van der Waals surface area contributed by atoms with E-state index in [0.29, 0.717) is 6.54 Å². The zero-order valence-corrected chi connectivity index (χ0v) is 12.7. The molecule has 110 valence electrons. The van der Waals surface area contributed by atoms with Crippen LogP contribution in [-0.4, -0.2) is 26.0 Å². The smallest absolute Gasteiger partial charge is 0.230 e. The van der Waals surface area contributed by atoms with Crippen LogP contribution in [0.3, 0.4) is 0 Å². The molecule has 3 heteroatoms. The Bertz CT molecular complexity index is 450. The minimum atomic E-state index is -0.308. The van der Waals surface area contributed by atoms with E-state index in [1.54, 1.807) is 0 Å². The highest BCUT2D eigenvalue weighted by Gasteiger charge is 2.41. The van der Waals surface area contributed by atoms with E-state index in [1.807, 2.05) is 13.1 Å². The average Bonchev–Trinajstić information content (AvgIpc) is 2.48. The summed E-state index contributed by atoms with van der Waals surface area (Å²) in [7, 11) is 1.91. The molecule has 1 saturated carbocycles. The fourth-order valence-corrected chi connectivity index (χ4v) is 3.35. The summed E-state index contributed by atoms with van der Waals surface area (Å²) >= 11 is 0. The summed E-state index contributed by atoms with van der Waals surface area (Å²) in [5.41, 5.74) is 2.15. The lowest BCUT2D eigenvalue weighted by molar-refractivity contribution is -0.128. The topological polar surface area (TPSA) is 41.1 Å². The molecule has 0 atom stereocenters. The van der Waals surface area contributed by atoms with Crippen molar-refractivity contribution in [1.29, 1.82) is 0 Å². The van der Waals surface area contributed by atoms with Crippen LogP contribution in [0.5, 0.6) is 0 Å². The van der Waals surface area contributed by atoms with Crippen molar-refractivity contribution >= 4 is 5.91 Å². The zero-order chi connectivity index (χ0) is 14.4. The Labute approximate surface area is 122 Å². The fraction of sp³-hybridized carbons (Fsp3) is 0.588. The summed E-state index contributed by atoms with van der Waals surface area (Å²) in [5.74, 6) is 0.210. The molecule has 0 heterocycles. The van der Waals surface area contributed by atoms with Gasteiger partial charge < -0.3 is 10.6 Å². The van der Waals surface area contributed by atoms with Crippen LogP contribution in [0.1, 0.15) is 43.2 Å². The molecule has 1 aliphatic carbocycles. The number of hydrogen-bond donors (Lipinski definition) is 2. The molecule has 1 fully saturated rings. The number of rotatable bonds is 5. The average molecular weight is 274 g/mol. The largest absolute Gasteiger partial charge is 0.354 e. The summed E-state index contributed by atoms with van der Waals surface area (Å²) in [5, 5.41) is 6.19. The van der Waals surface area contributed by atoms with Crippen LogP contribution in [0, 0.1) is 6.92 Å². The Hall–Kier alpha value is -1.35. The van der Waals surface area contributed by atoms with Gasteiger partial charge in [-0.1, -0.05) is 43.5 Å². The van der Waals surface area contributed by atoms with E-state index in [0.717, 1.165) is 32.2 Å². The molecule has 2 rings (SSSR count). The molecule has 0 saturated heterocycles. The number of carbonyl (C=O) groups excluding carboxylic acids is 1. The quantitative estimate of drug-likeness (QED) is 0.810. The third-order valence-electron chi connectivity index (χ3n) is 4.46. The molecule has 2 N–H and O–H groups in total. The summed E-state index contributed by atoms with van der Waals surface area (Å²) in [6.07, 6.45) is 5.49. The molecule has 0 bridgehead atoms. The Morgan fingerprint density at radius 1 is 1.15 bits per heavy atom. The molecule has 0 spiro atoms. The van der Waals surface area contributed by atoms with Gasteiger partial charge in [0.15, 0.2) is 0 Å². The van der Waals surface area contributed by atoms with Gasteiger partial charge in [-0.05, 0) is 37.9 Å². The summed E-state index contributed by atoms with van der Waals surface area (Å²) < 4.78 is 0. The van der Waals surface area contributed by atoms with Crippen LogP contribution in [0.2, 0.25) is 0 Å². The standard InChI is InChI=1S/C17H26N2O/c1-14-8-4-5-9-15(14)17(10-6-3-7-11-17)16(20)19-13-12-18-2/h4-5,8-9,18H,3,6-7,10-13H2,1-2H3,(H,19,20). The second-order valence-electron chi connectivity index (χ2n) is 5.82. The minimum absolute atomic E-state index is 0.210. The van der Waals surface area contributed by atoms with Crippen molar-refractivity contribution in [2.45, 2.75) is 44.4 Å². The molecule has 0 radical (unpaired) electrons. The number of benzene rings is 1. The number of hydrogen-bond acceptors (Lipinski definition) is 2. The zero-order valence-electron chi connectivity index (χ0n) is 12.7. The minimum Gasteiger partial charge on any atom is -0.354 e. The lowest BCUT2D eigenvalue weighted by Crippen LogP contribution is -2.47. The summed E-state index contributed by atoms with van der Waals surface area (Å²) in [4.78, 5) is 12.8. The van der Waals surface area contributed by atoms with Crippen molar-refractivity contribution in [1.82, 2.24) is 10.6 Å². The van der Waals surface area contributed by atoms with E-state index >= 15 is 0 Å². The van der Waals surface area contributed by atoms with Crippen molar-refractivity contribution in [3.05, 3.63) is 35.4 Å². The Morgan fingerprint density at radius 3 is 2.50 bits per heavy atom. The molecule has 20 heavy (non-hydrogen) atoms. The Morgan fingerprint density at radius 2 is 1.85 bits per heavy atom. The Kier molecular flexibility index (Phi) is 5.18. The monoisotopic (exact) mass is 274 g/mol. The molecule has 0 unspecified atom stereocenters. The first-order chi connectivity index (χ1) is 9.70. The van der Waals surface area contributed by atoms with Gasteiger partial charge in [-0.3, -0.25) is 4.79 Å². The van der Waals surface area contributed by atoms with Gasteiger partial charge >= 0.3 is 0 Å². The van der Waals surface area contributed by atoms with Gasteiger partial charge in [0, 0.05) is 13.1 Å². The maximum atomic E-state index is 12.8. The highest BCUT2D eigenvalue weighted by molar-refractivity contribution is 5.88. The first-order valence-electron chi connectivity index (χ1n) is 7.70. The van der Waals surface area contributed by atoms with Crippen LogP contribution < -0.4 is 10.6 Å². The van der Waals surface area contributed by atoms with E-state index in [9.17, 15) is 4.79 Å². The van der Waals surface area contributed by atoms with Gasteiger partial charge in [0.1, 0.15) is 0 Å². The first-order valence-corrected chi connectivity index (χ1v) is 7.70. The molecule has 3 nitrogen and oxygen atoms in total. The van der Waals surface area contributed by atoms with Crippen molar-refractivity contribution < 1.29 is 4.79 Å². The molecular formula is C17H26N2O. The summed E-state index contributed by atoms with van der Waals surface area (Å²) in [6, 6.07) is 8.36. The third kappa shape index (κ3) is 3.04. The van der Waals surface area contributed by atoms with E-state index < -0.39 is 0 Å². The first kappa shape index (κ1) is 15.0. The van der Waals surface area contributed by atoms with Crippen LogP contribution in [0.4, 0.5) is 0 Å². The van der Waals surface area contributed by atoms with Gasteiger partial charge in [0.05, 0.1) is 5.41 Å². The number of amides is 1. The predicted octanol–water partition coefficient (Wildman–Crippen LogP) is 2.53. The molecule has 1 aliphatic rings. The van der Waals surface area contributed by atoms with Gasteiger partial charge in [0.25, 0.3) is 0 Å². The number of carbonyl (C=O) groups is 1. The van der Waals surface area contributed by atoms with Crippen LogP contribution in [-0.2, 0) is 10.2 Å². The van der Waals surface area contributed by atoms with Gasteiger partial charge in [0.2, 0.25) is 5.91 Å². The van der Waals surface area contributed by atoms with Gasteiger partial charge in [-0.2, -0.15) is 0 Å². The van der Waals surface area contributed by atoms with Crippen molar-refractivity contribution in [3.8, 4) is 0 Å². The van der Waals surface area contributed by atoms with E-state index in [4.69, 9.17) is 0 Å². The highest BCUT2D eigenvalue weighted by atomic mass is 16.2. The van der Waals surface area contributed by atoms with E-state index in [1.165, 1.54) is 17.5 Å². The molecule has 0 aromatic heterocycles. The lowest BCUT2D eigenvalue weighted by atomic mass is 9.67. The van der Waals surface area contributed by atoms with Crippen molar-refractivity contribution in [3.63, 3.8) is 0 Å².